The van der Waals surface area contributed by atoms with Crippen LogP contribution in [0.5, 0.6) is 0 Å². The van der Waals surface area contributed by atoms with E-state index in [1.807, 2.05) is 6.92 Å². The van der Waals surface area contributed by atoms with Crippen molar-refractivity contribution in [3.05, 3.63) is 22.3 Å². The van der Waals surface area contributed by atoms with E-state index >= 15 is 0 Å². The molecule has 1 aliphatic carbocycles. The second-order valence-corrected chi connectivity index (χ2v) is 9.02. The van der Waals surface area contributed by atoms with Crippen molar-refractivity contribution in [3.8, 4) is 0 Å². The number of halogens is 1. The average molecular weight is 361 g/mol. The fraction of sp³-hybridized carbons (Fsp3) is 0.667. The molecule has 1 atom stereocenters. The lowest BCUT2D eigenvalue weighted by Crippen LogP contribution is -2.44. The van der Waals surface area contributed by atoms with Gasteiger partial charge in [-0.25, -0.2) is 13.4 Å². The summed E-state index contributed by atoms with van der Waals surface area (Å²) < 4.78 is 29.0. The summed E-state index contributed by atoms with van der Waals surface area (Å²) in [5, 5.41) is 9.83. The summed E-state index contributed by atoms with van der Waals surface area (Å²) in [5.74, 6) is 0.646. The van der Waals surface area contributed by atoms with Gasteiger partial charge in [-0.05, 0) is 31.4 Å². The molecule has 0 radical (unpaired) electrons. The first-order valence-electron chi connectivity index (χ1n) is 7.65. The first-order chi connectivity index (χ1) is 10.8. The van der Waals surface area contributed by atoms with Gasteiger partial charge >= 0.3 is 0 Å². The van der Waals surface area contributed by atoms with E-state index in [0.29, 0.717) is 49.5 Å². The van der Waals surface area contributed by atoms with E-state index < -0.39 is 14.6 Å². The lowest BCUT2D eigenvalue weighted by molar-refractivity contribution is 0.0985. The van der Waals surface area contributed by atoms with Gasteiger partial charge in [-0.2, -0.15) is 0 Å². The highest BCUT2D eigenvalue weighted by molar-refractivity contribution is 7.92. The van der Waals surface area contributed by atoms with E-state index in [1.165, 1.54) is 6.26 Å². The molecule has 1 saturated carbocycles. The van der Waals surface area contributed by atoms with Crippen LogP contribution in [-0.4, -0.2) is 50.6 Å². The number of rotatable bonds is 4. The molecular formula is C15H21ClN2O4S. The maximum Gasteiger partial charge on any atom is 0.157 e. The fourth-order valence-corrected chi connectivity index (χ4v) is 4.93. The number of sulfone groups is 1. The number of ether oxygens (including phenoxy) is 1. The Morgan fingerprint density at radius 3 is 2.74 bits per heavy atom. The van der Waals surface area contributed by atoms with E-state index in [9.17, 15) is 13.5 Å². The summed E-state index contributed by atoms with van der Waals surface area (Å²) >= 11 is 6.26. The lowest BCUT2D eigenvalue weighted by Gasteiger charge is -2.35. The molecule has 1 aromatic heterocycles. The number of hydrogen-bond acceptors (Lipinski definition) is 6. The number of morpholine rings is 1. The number of pyridine rings is 1. The molecule has 1 saturated heterocycles. The molecule has 0 unspecified atom stereocenters. The maximum atomic E-state index is 12.3. The molecule has 6 nitrogen and oxygen atoms in total. The van der Waals surface area contributed by atoms with E-state index in [-0.39, 0.29) is 17.8 Å². The van der Waals surface area contributed by atoms with Gasteiger partial charge < -0.3 is 14.7 Å². The van der Waals surface area contributed by atoms with E-state index in [0.717, 1.165) is 0 Å². The van der Waals surface area contributed by atoms with Gasteiger partial charge in [0.2, 0.25) is 0 Å². The highest BCUT2D eigenvalue weighted by atomic mass is 35.5. The topological polar surface area (TPSA) is 79.7 Å². The zero-order chi connectivity index (χ0) is 16.8. The summed E-state index contributed by atoms with van der Waals surface area (Å²) in [5.41, 5.74) is 1.01. The van der Waals surface area contributed by atoms with Crippen molar-refractivity contribution in [2.24, 2.45) is 0 Å². The van der Waals surface area contributed by atoms with E-state index in [4.69, 9.17) is 16.3 Å². The van der Waals surface area contributed by atoms with Crippen LogP contribution < -0.4 is 4.90 Å². The second-order valence-electron chi connectivity index (χ2n) is 6.34. The molecule has 8 heteroatoms. The van der Waals surface area contributed by atoms with E-state index in [1.54, 1.807) is 6.07 Å². The molecule has 0 amide bonds. The zero-order valence-corrected chi connectivity index (χ0v) is 14.8. The van der Waals surface area contributed by atoms with Gasteiger partial charge in [0.05, 0.1) is 30.6 Å². The summed E-state index contributed by atoms with van der Waals surface area (Å²) in [6.07, 6.45) is 2.35. The van der Waals surface area contributed by atoms with Crippen molar-refractivity contribution in [1.82, 2.24) is 4.98 Å². The second kappa shape index (κ2) is 5.88. The molecular weight excluding hydrogens is 340 g/mol. The third-order valence-electron chi connectivity index (χ3n) is 4.79. The van der Waals surface area contributed by atoms with Crippen LogP contribution in [0.25, 0.3) is 0 Å². The van der Waals surface area contributed by atoms with Crippen LogP contribution in [0, 0.1) is 0 Å². The van der Waals surface area contributed by atoms with Crippen molar-refractivity contribution < 1.29 is 18.3 Å². The van der Waals surface area contributed by atoms with Crippen molar-refractivity contribution in [2.45, 2.75) is 37.2 Å². The van der Waals surface area contributed by atoms with Crippen LogP contribution in [0.3, 0.4) is 0 Å². The Kier molecular flexibility index (Phi) is 4.33. The van der Waals surface area contributed by atoms with Gasteiger partial charge in [0.1, 0.15) is 11.0 Å². The molecule has 1 N–H and O–H groups in total. The predicted octanol–water partition coefficient (Wildman–Crippen LogP) is 1.49. The Morgan fingerprint density at radius 2 is 2.22 bits per heavy atom. The minimum absolute atomic E-state index is 0.133. The fourth-order valence-electron chi connectivity index (χ4n) is 3.25. The molecule has 128 valence electrons. The van der Waals surface area contributed by atoms with Crippen LogP contribution in [0.2, 0.25) is 5.15 Å². The minimum atomic E-state index is -3.30. The number of nitrogens with zero attached hydrogens (tertiary/aromatic N) is 2. The summed E-state index contributed by atoms with van der Waals surface area (Å²) in [6.45, 7) is 3.56. The molecule has 23 heavy (non-hydrogen) atoms. The first kappa shape index (κ1) is 17.0. The molecule has 2 aliphatic rings. The van der Waals surface area contributed by atoms with Crippen LogP contribution in [0.4, 0.5) is 5.82 Å². The highest BCUT2D eigenvalue weighted by Crippen LogP contribution is 2.54. The summed E-state index contributed by atoms with van der Waals surface area (Å²) in [4.78, 5) is 6.45. The molecule has 2 heterocycles. The number of aliphatic hydroxyl groups is 1. The largest absolute Gasteiger partial charge is 0.392 e. The van der Waals surface area contributed by atoms with Crippen molar-refractivity contribution >= 4 is 27.3 Å². The molecule has 2 fully saturated rings. The molecule has 3 rings (SSSR count). The molecule has 1 aromatic rings. The Morgan fingerprint density at radius 1 is 1.52 bits per heavy atom. The molecule has 0 aromatic carbocycles. The van der Waals surface area contributed by atoms with Gasteiger partial charge in [0, 0.05) is 18.4 Å². The van der Waals surface area contributed by atoms with Gasteiger partial charge in [-0.3, -0.25) is 0 Å². The van der Waals surface area contributed by atoms with Crippen molar-refractivity contribution in [3.63, 3.8) is 0 Å². The molecule has 0 bridgehead atoms. The van der Waals surface area contributed by atoms with Crippen LogP contribution in [0.15, 0.2) is 6.07 Å². The predicted molar refractivity (Wildman–Crippen MR) is 88.6 cm³/mol. The lowest BCUT2D eigenvalue weighted by atomic mass is 10.0. The SMILES string of the molecule is C[C@@H]1COCCN1c1cc(C2(S(C)(=O)=O)CC2)c(CO)c(Cl)n1. The Labute approximate surface area is 141 Å². The third-order valence-corrected chi connectivity index (χ3v) is 7.15. The first-order valence-corrected chi connectivity index (χ1v) is 9.92. The molecule has 1 aliphatic heterocycles. The highest BCUT2D eigenvalue weighted by Gasteiger charge is 2.55. The van der Waals surface area contributed by atoms with Gasteiger partial charge in [0.15, 0.2) is 9.84 Å². The zero-order valence-electron chi connectivity index (χ0n) is 13.2. The van der Waals surface area contributed by atoms with Crippen molar-refractivity contribution in [2.75, 3.05) is 30.9 Å². The van der Waals surface area contributed by atoms with Crippen LogP contribution in [-0.2, 0) is 25.9 Å². The van der Waals surface area contributed by atoms with Gasteiger partial charge in [-0.15, -0.1) is 0 Å². The summed E-state index contributed by atoms with van der Waals surface area (Å²) in [6, 6.07) is 1.92. The van der Waals surface area contributed by atoms with Gasteiger partial charge in [0.25, 0.3) is 0 Å². The summed E-state index contributed by atoms with van der Waals surface area (Å²) in [7, 11) is -3.30. The number of aromatic nitrogens is 1. The Hall–Kier alpha value is -0.890. The van der Waals surface area contributed by atoms with Gasteiger partial charge in [-0.1, -0.05) is 11.6 Å². The maximum absolute atomic E-state index is 12.3. The number of anilines is 1. The average Bonchev–Trinajstić information content (AvgIpc) is 3.28. The number of aliphatic hydroxyl groups excluding tert-OH is 1. The van der Waals surface area contributed by atoms with Crippen molar-refractivity contribution in [1.29, 1.82) is 0 Å². The Balaban J connectivity index is 2.12. The van der Waals surface area contributed by atoms with E-state index in [2.05, 4.69) is 9.88 Å². The quantitative estimate of drug-likeness (QED) is 0.819. The monoisotopic (exact) mass is 360 g/mol. The molecule has 0 spiro atoms. The van der Waals surface area contributed by atoms with Crippen LogP contribution >= 0.6 is 11.6 Å². The minimum Gasteiger partial charge on any atom is -0.392 e. The standard InChI is InChI=1S/C15H21ClN2O4S/c1-10-9-22-6-5-18(10)13-7-12(11(8-19)14(16)17-13)15(3-4-15)23(2,20)21/h7,10,19H,3-6,8-9H2,1-2H3/t10-/m1/s1. The smallest absolute Gasteiger partial charge is 0.157 e. The Bertz CT molecular complexity index is 718. The normalized spacial score (nSPS) is 23.8. The number of hydrogen-bond donors (Lipinski definition) is 1. The third kappa shape index (κ3) is 2.84. The van der Waals surface area contributed by atoms with Crippen LogP contribution in [0.1, 0.15) is 30.9 Å².